The van der Waals surface area contributed by atoms with E-state index in [1.165, 1.54) is 4.40 Å². The topological polar surface area (TPSA) is 76.2 Å². The highest BCUT2D eigenvalue weighted by Crippen LogP contribution is 2.13. The van der Waals surface area contributed by atoms with Crippen molar-refractivity contribution < 1.29 is 9.94 Å². The lowest BCUT2D eigenvalue weighted by atomic mass is 10.2. The summed E-state index contributed by atoms with van der Waals surface area (Å²) in [6.07, 6.45) is 2.79. The van der Waals surface area contributed by atoms with Gasteiger partial charge in [-0.2, -0.15) is 0 Å². The molecule has 3 aromatic rings. The fourth-order valence-corrected chi connectivity index (χ4v) is 2.25. The van der Waals surface area contributed by atoms with Gasteiger partial charge in [-0.1, -0.05) is 41.6 Å². The van der Waals surface area contributed by atoms with Crippen LogP contribution in [-0.4, -0.2) is 20.8 Å². The fourth-order valence-electron chi connectivity index (χ4n) is 2.25. The lowest BCUT2D eigenvalue weighted by Crippen LogP contribution is -2.20. The molecule has 0 saturated carbocycles. The molecule has 0 radical (unpaired) electrons. The maximum absolute atomic E-state index is 12.7. The minimum atomic E-state index is -0.343. The van der Waals surface area contributed by atoms with E-state index in [0.717, 1.165) is 17.3 Å². The number of hydrogen-bond donors (Lipinski definition) is 1. The van der Waals surface area contributed by atoms with E-state index in [4.69, 9.17) is 9.94 Å². The number of ether oxygens (including phenoxy) is 1. The summed E-state index contributed by atoms with van der Waals surface area (Å²) in [5.41, 5.74) is 2.16. The second kappa shape index (κ2) is 6.31. The first kappa shape index (κ1) is 14.8. The summed E-state index contributed by atoms with van der Waals surface area (Å²) in [5.74, 6) is 0.0507. The molecule has 2 heterocycles. The number of aryl methyl sites for hydroxylation is 1. The number of hydrogen-bond acceptors (Lipinski definition) is 5. The molecular weight excluding hydrogens is 294 g/mol. The predicted octanol–water partition coefficient (Wildman–Crippen LogP) is 2.39. The average Bonchev–Trinajstić information content (AvgIpc) is 2.56. The van der Waals surface area contributed by atoms with E-state index in [9.17, 15) is 4.79 Å². The molecule has 6 nitrogen and oxygen atoms in total. The van der Waals surface area contributed by atoms with Crippen LogP contribution < -0.4 is 10.3 Å². The molecule has 0 saturated heterocycles. The van der Waals surface area contributed by atoms with Gasteiger partial charge in [-0.15, -0.1) is 0 Å². The van der Waals surface area contributed by atoms with Gasteiger partial charge in [0.1, 0.15) is 17.9 Å². The van der Waals surface area contributed by atoms with Crippen molar-refractivity contribution in [3.63, 3.8) is 0 Å². The van der Waals surface area contributed by atoms with E-state index in [1.54, 1.807) is 12.3 Å². The highest BCUT2D eigenvalue weighted by molar-refractivity contribution is 5.81. The van der Waals surface area contributed by atoms with Crippen molar-refractivity contribution in [1.82, 2.24) is 9.38 Å². The van der Waals surface area contributed by atoms with Gasteiger partial charge in [0.15, 0.2) is 0 Å². The Labute approximate surface area is 132 Å². The largest absolute Gasteiger partial charge is 0.481 e. The molecule has 1 aromatic carbocycles. The highest BCUT2D eigenvalue weighted by atomic mass is 16.5. The maximum atomic E-state index is 12.7. The van der Waals surface area contributed by atoms with Gasteiger partial charge < -0.3 is 9.94 Å². The maximum Gasteiger partial charge on any atom is 0.300 e. The number of aromatic nitrogens is 2. The van der Waals surface area contributed by atoms with Crippen molar-refractivity contribution in [1.29, 1.82) is 0 Å². The normalized spacial score (nSPS) is 11.2. The van der Waals surface area contributed by atoms with Gasteiger partial charge in [0, 0.05) is 6.20 Å². The van der Waals surface area contributed by atoms with Crippen LogP contribution in [0.25, 0.3) is 5.65 Å². The third-order valence-electron chi connectivity index (χ3n) is 3.36. The second-order valence-corrected chi connectivity index (χ2v) is 5.08. The van der Waals surface area contributed by atoms with Crippen molar-refractivity contribution in [2.24, 2.45) is 5.16 Å². The van der Waals surface area contributed by atoms with Crippen LogP contribution in [0.1, 0.15) is 16.8 Å². The van der Waals surface area contributed by atoms with Gasteiger partial charge in [0.05, 0.1) is 6.21 Å². The molecule has 0 atom stereocenters. The van der Waals surface area contributed by atoms with Gasteiger partial charge in [0.25, 0.3) is 0 Å². The molecule has 2 aromatic heterocycles. The molecule has 0 bridgehead atoms. The first-order valence-corrected chi connectivity index (χ1v) is 7.06. The van der Waals surface area contributed by atoms with Crippen molar-refractivity contribution in [2.75, 3.05) is 0 Å². The number of fused-ring (bicyclic) bond motifs is 1. The minimum absolute atomic E-state index is 0.0507. The van der Waals surface area contributed by atoms with Gasteiger partial charge in [-0.25, -0.2) is 4.98 Å². The van der Waals surface area contributed by atoms with Crippen LogP contribution in [0.3, 0.4) is 0 Å². The van der Waals surface area contributed by atoms with Crippen molar-refractivity contribution in [3.05, 3.63) is 75.8 Å². The number of pyridine rings is 1. The Hall–Kier alpha value is -3.15. The van der Waals surface area contributed by atoms with Gasteiger partial charge in [-0.05, 0) is 24.1 Å². The zero-order chi connectivity index (χ0) is 16.2. The van der Waals surface area contributed by atoms with E-state index in [-0.39, 0.29) is 23.6 Å². The predicted molar refractivity (Wildman–Crippen MR) is 86.4 cm³/mol. The molecule has 0 aliphatic carbocycles. The highest BCUT2D eigenvalue weighted by Gasteiger charge is 2.13. The van der Waals surface area contributed by atoms with Crippen LogP contribution >= 0.6 is 0 Å². The van der Waals surface area contributed by atoms with Crippen molar-refractivity contribution >= 4 is 11.9 Å². The molecule has 0 amide bonds. The van der Waals surface area contributed by atoms with Crippen molar-refractivity contribution in [3.8, 4) is 5.75 Å². The number of benzene rings is 1. The Balaban J connectivity index is 2.07. The first-order chi connectivity index (χ1) is 11.2. The standard InChI is InChI=1S/C17H15N3O3/c1-12-7-8-15-19-14(9-18-22)16(17(21)20(15)10-12)23-11-13-5-3-2-4-6-13/h2-10,22H,11H2,1H3/b18-9+. The molecule has 0 fully saturated rings. The summed E-state index contributed by atoms with van der Waals surface area (Å²) in [5, 5.41) is 11.8. The van der Waals surface area contributed by atoms with Crippen LogP contribution in [0.4, 0.5) is 0 Å². The average molecular weight is 309 g/mol. The van der Waals surface area contributed by atoms with Crippen LogP contribution in [0.2, 0.25) is 0 Å². The molecule has 23 heavy (non-hydrogen) atoms. The Morgan fingerprint density at radius 1 is 1.26 bits per heavy atom. The second-order valence-electron chi connectivity index (χ2n) is 5.08. The van der Waals surface area contributed by atoms with E-state index in [0.29, 0.717) is 5.65 Å². The summed E-state index contributed by atoms with van der Waals surface area (Å²) in [4.78, 5) is 17.0. The number of nitrogens with zero attached hydrogens (tertiary/aromatic N) is 3. The molecule has 0 spiro atoms. The van der Waals surface area contributed by atoms with E-state index in [1.807, 2.05) is 43.3 Å². The Bertz CT molecular complexity index is 918. The molecular formula is C17H15N3O3. The zero-order valence-corrected chi connectivity index (χ0v) is 12.5. The lowest BCUT2D eigenvalue weighted by molar-refractivity contribution is 0.298. The summed E-state index contributed by atoms with van der Waals surface area (Å²) in [6.45, 7) is 2.11. The fraction of sp³-hybridized carbons (Fsp3) is 0.118. The molecule has 0 aliphatic heterocycles. The van der Waals surface area contributed by atoms with Crippen LogP contribution in [0.15, 0.2) is 58.6 Å². The Morgan fingerprint density at radius 2 is 2.04 bits per heavy atom. The minimum Gasteiger partial charge on any atom is -0.481 e. The Kier molecular flexibility index (Phi) is 4.05. The zero-order valence-electron chi connectivity index (χ0n) is 12.5. The van der Waals surface area contributed by atoms with Crippen LogP contribution in [0, 0.1) is 6.92 Å². The van der Waals surface area contributed by atoms with E-state index in [2.05, 4.69) is 10.1 Å². The molecule has 0 aliphatic rings. The van der Waals surface area contributed by atoms with E-state index >= 15 is 0 Å². The Morgan fingerprint density at radius 3 is 2.78 bits per heavy atom. The molecule has 3 rings (SSSR count). The molecule has 1 N–H and O–H groups in total. The van der Waals surface area contributed by atoms with Crippen molar-refractivity contribution in [2.45, 2.75) is 13.5 Å². The molecule has 0 unspecified atom stereocenters. The number of rotatable bonds is 4. The summed E-state index contributed by atoms with van der Waals surface area (Å²) in [6, 6.07) is 13.1. The number of oxime groups is 1. The molecule has 6 heteroatoms. The summed E-state index contributed by atoms with van der Waals surface area (Å²) >= 11 is 0. The monoisotopic (exact) mass is 309 g/mol. The van der Waals surface area contributed by atoms with Crippen LogP contribution in [0.5, 0.6) is 5.75 Å². The third-order valence-corrected chi connectivity index (χ3v) is 3.36. The van der Waals surface area contributed by atoms with Gasteiger partial charge in [0.2, 0.25) is 5.75 Å². The first-order valence-electron chi connectivity index (χ1n) is 7.06. The smallest absolute Gasteiger partial charge is 0.300 e. The third kappa shape index (κ3) is 3.06. The lowest BCUT2D eigenvalue weighted by Gasteiger charge is -2.10. The van der Waals surface area contributed by atoms with Crippen LogP contribution in [-0.2, 0) is 6.61 Å². The quantitative estimate of drug-likeness (QED) is 0.456. The summed E-state index contributed by atoms with van der Waals surface area (Å²) < 4.78 is 7.08. The van der Waals surface area contributed by atoms with Gasteiger partial charge >= 0.3 is 5.56 Å². The summed E-state index contributed by atoms with van der Waals surface area (Å²) in [7, 11) is 0. The van der Waals surface area contributed by atoms with E-state index < -0.39 is 0 Å². The molecule has 116 valence electrons. The SMILES string of the molecule is Cc1ccc2nc(/C=N/O)c(OCc3ccccc3)c(=O)n2c1. The van der Waals surface area contributed by atoms with Gasteiger partial charge in [-0.3, -0.25) is 9.20 Å².